The van der Waals surface area contributed by atoms with Crippen molar-refractivity contribution in [3.05, 3.63) is 28.8 Å². The third-order valence-corrected chi connectivity index (χ3v) is 2.53. The number of nitrogens with one attached hydrogen (secondary N) is 1. The van der Waals surface area contributed by atoms with Crippen molar-refractivity contribution < 1.29 is 9.53 Å². The molecule has 0 aliphatic carbocycles. The number of rotatable bonds is 6. The Morgan fingerprint density at radius 3 is 2.89 bits per heavy atom. The van der Waals surface area contributed by atoms with Gasteiger partial charge in [-0.1, -0.05) is 11.6 Å². The maximum absolute atomic E-state index is 11.3. The first-order valence-electron chi connectivity index (χ1n) is 5.96. The van der Waals surface area contributed by atoms with E-state index in [4.69, 9.17) is 22.1 Å². The van der Waals surface area contributed by atoms with E-state index in [0.717, 1.165) is 5.56 Å². The van der Waals surface area contributed by atoms with Gasteiger partial charge in [0.05, 0.1) is 0 Å². The Hall–Kier alpha value is -1.26. The number of halogens is 1. The van der Waals surface area contributed by atoms with Crippen LogP contribution in [0.25, 0.3) is 0 Å². The highest BCUT2D eigenvalue weighted by Crippen LogP contribution is 2.24. The summed E-state index contributed by atoms with van der Waals surface area (Å²) in [6.07, 6.45) is 0.658. The fraction of sp³-hybridized carbons (Fsp3) is 0.462. The zero-order valence-electron chi connectivity index (χ0n) is 10.7. The largest absolute Gasteiger partial charge is 0.483 e. The second-order valence-electron chi connectivity index (χ2n) is 4.18. The standard InChI is InChI=1S/C13H19ClN2O2/c1-3-16-13(17)8-18-12-5-4-11(14)7-10(12)6-9(2)15/h4-5,7,9H,3,6,8,15H2,1-2H3,(H,16,17). The predicted octanol–water partition coefficient (Wildman–Crippen LogP) is 1.74. The third kappa shape index (κ3) is 4.94. The number of ether oxygens (including phenoxy) is 1. The zero-order valence-corrected chi connectivity index (χ0v) is 11.5. The van der Waals surface area contributed by atoms with E-state index in [9.17, 15) is 4.79 Å². The van der Waals surface area contributed by atoms with E-state index in [-0.39, 0.29) is 18.6 Å². The number of likely N-dealkylation sites (N-methyl/N-ethyl adjacent to an activating group) is 1. The van der Waals surface area contributed by atoms with Gasteiger partial charge in [-0.3, -0.25) is 4.79 Å². The average molecular weight is 271 g/mol. The maximum atomic E-state index is 11.3. The molecule has 4 nitrogen and oxygen atoms in total. The lowest BCUT2D eigenvalue weighted by atomic mass is 10.1. The Labute approximate surface area is 112 Å². The van der Waals surface area contributed by atoms with Crippen molar-refractivity contribution in [2.24, 2.45) is 5.73 Å². The van der Waals surface area contributed by atoms with Crippen LogP contribution in [0.4, 0.5) is 0 Å². The molecule has 1 aromatic rings. The highest BCUT2D eigenvalue weighted by atomic mass is 35.5. The first kappa shape index (κ1) is 14.8. The third-order valence-electron chi connectivity index (χ3n) is 2.30. The van der Waals surface area contributed by atoms with Crippen molar-refractivity contribution in [1.82, 2.24) is 5.32 Å². The van der Waals surface area contributed by atoms with Crippen molar-refractivity contribution in [2.45, 2.75) is 26.3 Å². The first-order chi connectivity index (χ1) is 8.52. The number of carbonyl (C=O) groups excluding carboxylic acids is 1. The number of carbonyl (C=O) groups is 1. The number of amides is 1. The molecule has 0 radical (unpaired) electrons. The van der Waals surface area contributed by atoms with Crippen LogP contribution in [-0.4, -0.2) is 25.1 Å². The quantitative estimate of drug-likeness (QED) is 0.828. The monoisotopic (exact) mass is 270 g/mol. The SMILES string of the molecule is CCNC(=O)COc1ccc(Cl)cc1CC(C)N. The molecule has 1 atom stereocenters. The van der Waals surface area contributed by atoms with E-state index in [1.165, 1.54) is 0 Å². The van der Waals surface area contributed by atoms with Crippen molar-refractivity contribution in [3.63, 3.8) is 0 Å². The Balaban J connectivity index is 2.71. The van der Waals surface area contributed by atoms with E-state index in [2.05, 4.69) is 5.32 Å². The average Bonchev–Trinajstić information content (AvgIpc) is 2.27. The van der Waals surface area contributed by atoms with Crippen LogP contribution in [0.1, 0.15) is 19.4 Å². The van der Waals surface area contributed by atoms with Gasteiger partial charge in [-0.25, -0.2) is 0 Å². The van der Waals surface area contributed by atoms with E-state index in [1.807, 2.05) is 19.9 Å². The molecule has 1 unspecified atom stereocenters. The molecule has 0 aromatic heterocycles. The molecule has 0 fully saturated rings. The van der Waals surface area contributed by atoms with Crippen molar-refractivity contribution in [3.8, 4) is 5.75 Å². The summed E-state index contributed by atoms with van der Waals surface area (Å²) in [4.78, 5) is 11.3. The summed E-state index contributed by atoms with van der Waals surface area (Å²) >= 11 is 5.94. The first-order valence-corrected chi connectivity index (χ1v) is 6.34. The molecule has 18 heavy (non-hydrogen) atoms. The normalized spacial score (nSPS) is 12.0. The van der Waals surface area contributed by atoms with Crippen LogP contribution in [0.2, 0.25) is 5.02 Å². The van der Waals surface area contributed by atoms with Gasteiger partial charge in [-0.2, -0.15) is 0 Å². The maximum Gasteiger partial charge on any atom is 0.257 e. The van der Waals surface area contributed by atoms with Crippen LogP contribution >= 0.6 is 11.6 Å². The molecular weight excluding hydrogens is 252 g/mol. The van der Waals surface area contributed by atoms with Gasteiger partial charge in [0.25, 0.3) is 5.91 Å². The van der Waals surface area contributed by atoms with Gasteiger partial charge < -0.3 is 15.8 Å². The Morgan fingerprint density at radius 2 is 2.28 bits per heavy atom. The molecule has 1 aromatic carbocycles. The lowest BCUT2D eigenvalue weighted by Crippen LogP contribution is -2.28. The van der Waals surface area contributed by atoms with Gasteiger partial charge in [0, 0.05) is 17.6 Å². The van der Waals surface area contributed by atoms with E-state index >= 15 is 0 Å². The molecule has 5 heteroatoms. The highest BCUT2D eigenvalue weighted by molar-refractivity contribution is 6.30. The molecule has 0 saturated carbocycles. The molecular formula is C13H19ClN2O2. The Bertz CT molecular complexity index is 408. The topological polar surface area (TPSA) is 64.3 Å². The number of hydrogen-bond acceptors (Lipinski definition) is 3. The van der Waals surface area contributed by atoms with Gasteiger partial charge in [0.15, 0.2) is 6.61 Å². The summed E-state index contributed by atoms with van der Waals surface area (Å²) in [6, 6.07) is 5.33. The second-order valence-corrected chi connectivity index (χ2v) is 4.61. The minimum Gasteiger partial charge on any atom is -0.483 e. The number of nitrogens with two attached hydrogens (primary N) is 1. The van der Waals surface area contributed by atoms with E-state index < -0.39 is 0 Å². The fourth-order valence-corrected chi connectivity index (χ4v) is 1.78. The van der Waals surface area contributed by atoms with Crippen LogP contribution in [0.3, 0.4) is 0 Å². The second kappa shape index (κ2) is 7.24. The van der Waals surface area contributed by atoms with Crippen molar-refractivity contribution in [2.75, 3.05) is 13.2 Å². The summed E-state index contributed by atoms with van der Waals surface area (Å²) in [5.74, 6) is 0.516. The lowest BCUT2D eigenvalue weighted by Gasteiger charge is -2.13. The van der Waals surface area contributed by atoms with Gasteiger partial charge in [-0.15, -0.1) is 0 Å². The smallest absolute Gasteiger partial charge is 0.257 e. The molecule has 100 valence electrons. The molecule has 0 heterocycles. The molecule has 0 aliphatic rings. The van der Waals surface area contributed by atoms with Gasteiger partial charge >= 0.3 is 0 Å². The van der Waals surface area contributed by atoms with Gasteiger partial charge in [0.2, 0.25) is 0 Å². The summed E-state index contributed by atoms with van der Waals surface area (Å²) < 4.78 is 5.48. The minimum absolute atomic E-state index is 0.00141. The zero-order chi connectivity index (χ0) is 13.5. The number of hydrogen-bond donors (Lipinski definition) is 2. The van der Waals surface area contributed by atoms with Crippen LogP contribution in [-0.2, 0) is 11.2 Å². The molecule has 0 saturated heterocycles. The van der Waals surface area contributed by atoms with Crippen LogP contribution in [0, 0.1) is 0 Å². The lowest BCUT2D eigenvalue weighted by molar-refractivity contribution is -0.122. The fourth-order valence-electron chi connectivity index (χ4n) is 1.59. The predicted molar refractivity (Wildman–Crippen MR) is 73.0 cm³/mol. The van der Waals surface area contributed by atoms with Gasteiger partial charge in [-0.05, 0) is 44.0 Å². The summed E-state index contributed by atoms with van der Waals surface area (Å²) in [6.45, 7) is 4.37. The van der Waals surface area contributed by atoms with E-state index in [1.54, 1.807) is 12.1 Å². The molecule has 0 bridgehead atoms. The summed E-state index contributed by atoms with van der Waals surface area (Å²) in [7, 11) is 0. The highest BCUT2D eigenvalue weighted by Gasteiger charge is 2.09. The van der Waals surface area contributed by atoms with Crippen LogP contribution in [0.5, 0.6) is 5.75 Å². The number of benzene rings is 1. The molecule has 0 spiro atoms. The van der Waals surface area contributed by atoms with E-state index in [0.29, 0.717) is 23.7 Å². The Morgan fingerprint density at radius 1 is 1.56 bits per heavy atom. The molecule has 1 rings (SSSR count). The molecule has 1 amide bonds. The van der Waals surface area contributed by atoms with Crippen molar-refractivity contribution in [1.29, 1.82) is 0 Å². The van der Waals surface area contributed by atoms with Gasteiger partial charge in [0.1, 0.15) is 5.75 Å². The molecule has 3 N–H and O–H groups in total. The van der Waals surface area contributed by atoms with Crippen LogP contribution in [0.15, 0.2) is 18.2 Å². The summed E-state index contributed by atoms with van der Waals surface area (Å²) in [5, 5.41) is 3.31. The van der Waals surface area contributed by atoms with Crippen LogP contribution < -0.4 is 15.8 Å². The Kier molecular flexibility index (Phi) is 5.95. The van der Waals surface area contributed by atoms with Crippen molar-refractivity contribution >= 4 is 17.5 Å². The minimum atomic E-state index is -0.140. The summed E-state index contributed by atoms with van der Waals surface area (Å²) in [5.41, 5.74) is 6.69. The molecule has 0 aliphatic heterocycles.